The van der Waals surface area contributed by atoms with Crippen LogP contribution in [0.4, 0.5) is 5.69 Å². The summed E-state index contributed by atoms with van der Waals surface area (Å²) >= 11 is 7.65. The smallest absolute Gasteiger partial charge is 0.283 e. The molecule has 1 amide bonds. The monoisotopic (exact) mass is 495 g/mol. The molecule has 0 aliphatic carbocycles. The van der Waals surface area contributed by atoms with Crippen molar-refractivity contribution in [1.29, 1.82) is 0 Å². The SMILES string of the molecule is COc1ccc(C=NNC(=O)c2sc3ccccc3c2Cl)cc1COc1ccc([N+](=O)[O-])cc1. The standard InChI is InChI=1S/C24H18ClN3O5S/c1-32-20-11-6-15(12-16(20)14-33-18-9-7-17(8-10-18)28(30)31)13-26-27-24(29)23-22(25)19-4-2-3-5-21(19)34-23/h2-13H,14H2,1H3,(H,27,29). The highest BCUT2D eigenvalue weighted by molar-refractivity contribution is 7.21. The number of hydrazone groups is 1. The topological polar surface area (TPSA) is 103 Å². The van der Waals surface area contributed by atoms with Crippen LogP contribution in [-0.4, -0.2) is 24.2 Å². The maximum absolute atomic E-state index is 12.5. The Labute approximate surface area is 203 Å². The van der Waals surface area contributed by atoms with Crippen LogP contribution in [0.2, 0.25) is 5.02 Å². The summed E-state index contributed by atoms with van der Waals surface area (Å²) in [6.07, 6.45) is 1.51. The van der Waals surface area contributed by atoms with E-state index in [2.05, 4.69) is 10.5 Å². The van der Waals surface area contributed by atoms with E-state index in [1.807, 2.05) is 30.3 Å². The van der Waals surface area contributed by atoms with E-state index in [1.165, 1.54) is 41.8 Å². The Morgan fingerprint density at radius 1 is 1.18 bits per heavy atom. The Hall–Kier alpha value is -3.95. The zero-order valence-corrected chi connectivity index (χ0v) is 19.4. The summed E-state index contributed by atoms with van der Waals surface area (Å²) < 4.78 is 12.0. The average Bonchev–Trinajstić information content (AvgIpc) is 3.19. The van der Waals surface area contributed by atoms with Gasteiger partial charge in [0.15, 0.2) is 0 Å². The Kier molecular flexibility index (Phi) is 7.05. The molecule has 4 aromatic rings. The minimum Gasteiger partial charge on any atom is -0.496 e. The number of nitrogens with zero attached hydrogens (tertiary/aromatic N) is 2. The predicted molar refractivity (Wildman–Crippen MR) is 132 cm³/mol. The third-order valence-corrected chi connectivity index (χ3v) is 6.54. The van der Waals surface area contributed by atoms with Crippen molar-refractivity contribution >= 4 is 50.8 Å². The zero-order valence-electron chi connectivity index (χ0n) is 17.9. The van der Waals surface area contributed by atoms with Crippen molar-refractivity contribution in [1.82, 2.24) is 5.43 Å². The maximum atomic E-state index is 12.5. The number of hydrogen-bond acceptors (Lipinski definition) is 7. The number of nitrogens with one attached hydrogen (secondary N) is 1. The van der Waals surface area contributed by atoms with E-state index >= 15 is 0 Å². The fourth-order valence-electron chi connectivity index (χ4n) is 3.19. The van der Waals surface area contributed by atoms with Gasteiger partial charge in [-0.3, -0.25) is 14.9 Å². The first kappa shape index (κ1) is 23.2. The number of thiophene rings is 1. The first-order valence-electron chi connectivity index (χ1n) is 10.0. The number of fused-ring (bicyclic) bond motifs is 1. The number of nitro benzene ring substituents is 1. The van der Waals surface area contributed by atoms with Gasteiger partial charge in [-0.25, -0.2) is 5.43 Å². The lowest BCUT2D eigenvalue weighted by atomic mass is 10.1. The quantitative estimate of drug-likeness (QED) is 0.188. The van der Waals surface area contributed by atoms with Gasteiger partial charge in [-0.05, 0) is 42.0 Å². The van der Waals surface area contributed by atoms with Gasteiger partial charge in [-0.15, -0.1) is 11.3 Å². The number of halogens is 1. The summed E-state index contributed by atoms with van der Waals surface area (Å²) in [6.45, 7) is 0.173. The Balaban J connectivity index is 1.43. The van der Waals surface area contributed by atoms with Gasteiger partial charge in [0.2, 0.25) is 0 Å². The summed E-state index contributed by atoms with van der Waals surface area (Å²) in [5, 5.41) is 16.1. The van der Waals surface area contributed by atoms with Crippen LogP contribution >= 0.6 is 22.9 Å². The zero-order chi connectivity index (χ0) is 24.1. The molecule has 172 valence electrons. The molecule has 1 heterocycles. The number of hydrogen-bond donors (Lipinski definition) is 1. The van der Waals surface area contributed by atoms with Crippen LogP contribution in [0.25, 0.3) is 10.1 Å². The second-order valence-corrected chi connectivity index (χ2v) is 8.48. The predicted octanol–water partition coefficient (Wildman–Crippen LogP) is 5.81. The van der Waals surface area contributed by atoms with E-state index < -0.39 is 10.8 Å². The average molecular weight is 496 g/mol. The van der Waals surface area contributed by atoms with Crippen molar-refractivity contribution in [2.45, 2.75) is 6.61 Å². The summed E-state index contributed by atoms with van der Waals surface area (Å²) in [4.78, 5) is 23.2. The number of benzene rings is 3. The van der Waals surface area contributed by atoms with E-state index in [0.717, 1.165) is 15.6 Å². The fraction of sp³-hybridized carbons (Fsp3) is 0.0833. The van der Waals surface area contributed by atoms with Crippen molar-refractivity contribution in [3.05, 3.63) is 97.9 Å². The van der Waals surface area contributed by atoms with Crippen LogP contribution in [0, 0.1) is 10.1 Å². The lowest BCUT2D eigenvalue weighted by Gasteiger charge is -2.11. The number of carbonyl (C=O) groups excluding carboxylic acids is 1. The molecule has 0 spiro atoms. The van der Waals surface area contributed by atoms with Gasteiger partial charge in [-0.2, -0.15) is 5.10 Å². The lowest BCUT2D eigenvalue weighted by molar-refractivity contribution is -0.384. The van der Waals surface area contributed by atoms with Gasteiger partial charge >= 0.3 is 0 Å². The molecule has 0 fully saturated rings. The number of amides is 1. The lowest BCUT2D eigenvalue weighted by Crippen LogP contribution is -2.16. The Morgan fingerprint density at radius 2 is 1.94 bits per heavy atom. The van der Waals surface area contributed by atoms with E-state index in [9.17, 15) is 14.9 Å². The van der Waals surface area contributed by atoms with Crippen LogP contribution in [-0.2, 0) is 6.61 Å². The molecule has 0 aliphatic heterocycles. The molecule has 0 atom stereocenters. The molecule has 3 aromatic carbocycles. The molecule has 0 unspecified atom stereocenters. The maximum Gasteiger partial charge on any atom is 0.283 e. The number of methoxy groups -OCH3 is 1. The summed E-state index contributed by atoms with van der Waals surface area (Å²) in [5.41, 5.74) is 3.95. The van der Waals surface area contributed by atoms with E-state index in [1.54, 1.807) is 19.2 Å². The van der Waals surface area contributed by atoms with Crippen LogP contribution in [0.15, 0.2) is 71.8 Å². The molecule has 1 aromatic heterocycles. The van der Waals surface area contributed by atoms with Crippen LogP contribution in [0.5, 0.6) is 11.5 Å². The largest absolute Gasteiger partial charge is 0.496 e. The van der Waals surface area contributed by atoms with Gasteiger partial charge in [0, 0.05) is 27.8 Å². The first-order valence-corrected chi connectivity index (χ1v) is 11.2. The number of nitro groups is 1. The minimum absolute atomic E-state index is 0.0119. The van der Waals surface area contributed by atoms with Crippen molar-refractivity contribution < 1.29 is 19.2 Å². The first-order chi connectivity index (χ1) is 16.5. The summed E-state index contributed by atoms with van der Waals surface area (Å²) in [6, 6.07) is 18.7. The molecule has 4 rings (SSSR count). The van der Waals surface area contributed by atoms with Crippen LogP contribution < -0.4 is 14.9 Å². The number of ether oxygens (including phenoxy) is 2. The molecule has 0 aliphatic rings. The molecule has 0 radical (unpaired) electrons. The fourth-order valence-corrected chi connectivity index (χ4v) is 4.60. The van der Waals surface area contributed by atoms with Crippen LogP contribution in [0.3, 0.4) is 0 Å². The van der Waals surface area contributed by atoms with Gasteiger partial charge in [0.1, 0.15) is 23.0 Å². The highest BCUT2D eigenvalue weighted by atomic mass is 35.5. The normalized spacial score (nSPS) is 11.0. The van der Waals surface area contributed by atoms with Crippen molar-refractivity contribution in [2.75, 3.05) is 7.11 Å². The van der Waals surface area contributed by atoms with Crippen molar-refractivity contribution in [3.8, 4) is 11.5 Å². The Bertz CT molecular complexity index is 1390. The summed E-state index contributed by atoms with van der Waals surface area (Å²) in [5.74, 6) is 0.706. The molecule has 0 saturated heterocycles. The third kappa shape index (κ3) is 5.16. The van der Waals surface area contributed by atoms with Crippen molar-refractivity contribution in [3.63, 3.8) is 0 Å². The minimum atomic E-state index is -0.469. The number of non-ortho nitro benzene ring substituents is 1. The van der Waals surface area contributed by atoms with E-state index in [0.29, 0.717) is 27.0 Å². The third-order valence-electron chi connectivity index (χ3n) is 4.87. The van der Waals surface area contributed by atoms with Crippen molar-refractivity contribution in [2.24, 2.45) is 5.10 Å². The van der Waals surface area contributed by atoms with Gasteiger partial charge in [0.25, 0.3) is 11.6 Å². The number of carbonyl (C=O) groups is 1. The van der Waals surface area contributed by atoms with Gasteiger partial charge < -0.3 is 9.47 Å². The molecular weight excluding hydrogens is 478 g/mol. The Morgan fingerprint density at radius 3 is 2.65 bits per heavy atom. The second kappa shape index (κ2) is 10.3. The second-order valence-electron chi connectivity index (χ2n) is 7.05. The summed E-state index contributed by atoms with van der Waals surface area (Å²) in [7, 11) is 1.55. The van der Waals surface area contributed by atoms with E-state index in [4.69, 9.17) is 21.1 Å². The number of rotatable bonds is 8. The molecule has 8 nitrogen and oxygen atoms in total. The highest BCUT2D eigenvalue weighted by Crippen LogP contribution is 2.35. The molecule has 1 N–H and O–H groups in total. The molecule has 0 saturated carbocycles. The van der Waals surface area contributed by atoms with E-state index in [-0.39, 0.29) is 12.3 Å². The van der Waals surface area contributed by atoms with Gasteiger partial charge in [0.05, 0.1) is 23.3 Å². The molecular formula is C24H18ClN3O5S. The molecule has 0 bridgehead atoms. The molecule has 10 heteroatoms. The molecule has 34 heavy (non-hydrogen) atoms. The van der Waals surface area contributed by atoms with Gasteiger partial charge in [-0.1, -0.05) is 29.8 Å². The highest BCUT2D eigenvalue weighted by Gasteiger charge is 2.16. The van der Waals surface area contributed by atoms with Crippen LogP contribution in [0.1, 0.15) is 20.8 Å².